The molecule has 1 aromatic rings. The lowest BCUT2D eigenvalue weighted by Crippen LogP contribution is -2.31. The third-order valence-corrected chi connectivity index (χ3v) is 6.62. The SMILES string of the molecule is O=C1C(=O)c2ccccc2C(O)=C1C1CCC(C2C=CC(Cl)CC2)CC1. The van der Waals surface area contributed by atoms with Gasteiger partial charge >= 0.3 is 0 Å². The van der Waals surface area contributed by atoms with Crippen molar-refractivity contribution in [2.24, 2.45) is 17.8 Å². The molecule has 0 heterocycles. The third-order valence-electron chi connectivity index (χ3n) is 6.26. The van der Waals surface area contributed by atoms with E-state index in [0.717, 1.165) is 38.5 Å². The molecule has 0 radical (unpaired) electrons. The van der Waals surface area contributed by atoms with Gasteiger partial charge in [-0.15, -0.1) is 11.6 Å². The molecule has 0 spiro atoms. The van der Waals surface area contributed by atoms with Crippen molar-refractivity contribution < 1.29 is 14.7 Å². The second kappa shape index (κ2) is 7.03. The van der Waals surface area contributed by atoms with E-state index in [9.17, 15) is 14.7 Å². The number of allylic oxidation sites excluding steroid dienone is 3. The number of Topliss-reactive ketones (excluding diaryl/α,β-unsaturated/α-hetero) is 2. The van der Waals surface area contributed by atoms with Gasteiger partial charge in [0.15, 0.2) is 0 Å². The Hall–Kier alpha value is -1.87. The van der Waals surface area contributed by atoms with Gasteiger partial charge in [0, 0.05) is 16.7 Å². The standard InChI is InChI=1S/C22H23ClO3/c23-16-11-9-14(10-12-16)13-5-7-15(8-6-13)19-20(24)17-3-1-2-4-18(17)21(25)22(19)26/h1-4,9,11,13-16,24H,5-8,10,12H2. The summed E-state index contributed by atoms with van der Waals surface area (Å²) in [5.41, 5.74) is 1.15. The summed E-state index contributed by atoms with van der Waals surface area (Å²) in [5.74, 6) is 0.153. The average molecular weight is 371 g/mol. The number of benzene rings is 1. The molecule has 26 heavy (non-hydrogen) atoms. The zero-order chi connectivity index (χ0) is 18.3. The van der Waals surface area contributed by atoms with Crippen LogP contribution in [-0.2, 0) is 4.79 Å². The highest BCUT2D eigenvalue weighted by Crippen LogP contribution is 2.43. The van der Waals surface area contributed by atoms with Crippen molar-refractivity contribution >= 4 is 28.9 Å². The molecule has 2 unspecified atom stereocenters. The van der Waals surface area contributed by atoms with Crippen LogP contribution in [0.25, 0.3) is 5.76 Å². The summed E-state index contributed by atoms with van der Waals surface area (Å²) >= 11 is 6.14. The number of rotatable bonds is 2. The Morgan fingerprint density at radius 1 is 0.846 bits per heavy atom. The molecule has 1 aromatic carbocycles. The minimum absolute atomic E-state index is 0.0104. The van der Waals surface area contributed by atoms with Crippen LogP contribution in [0.5, 0.6) is 0 Å². The Morgan fingerprint density at radius 2 is 1.54 bits per heavy atom. The molecule has 0 aromatic heterocycles. The highest BCUT2D eigenvalue weighted by molar-refractivity contribution is 6.52. The average Bonchev–Trinajstić information content (AvgIpc) is 2.68. The fraction of sp³-hybridized carbons (Fsp3) is 0.455. The van der Waals surface area contributed by atoms with E-state index in [1.165, 1.54) is 0 Å². The quantitative estimate of drug-likeness (QED) is 0.447. The van der Waals surface area contributed by atoms with Gasteiger partial charge in [-0.05, 0) is 56.3 Å². The van der Waals surface area contributed by atoms with Crippen LogP contribution in [0.3, 0.4) is 0 Å². The molecule has 1 saturated carbocycles. The molecule has 4 rings (SSSR count). The number of ketones is 2. The number of hydrogen-bond acceptors (Lipinski definition) is 3. The first-order chi connectivity index (χ1) is 12.6. The van der Waals surface area contributed by atoms with E-state index >= 15 is 0 Å². The van der Waals surface area contributed by atoms with Gasteiger partial charge in [0.2, 0.25) is 11.6 Å². The first kappa shape index (κ1) is 17.5. The molecule has 0 amide bonds. The molecule has 3 aliphatic rings. The minimum Gasteiger partial charge on any atom is -0.507 e. The molecule has 4 heteroatoms. The van der Waals surface area contributed by atoms with Crippen molar-refractivity contribution in [3.05, 3.63) is 53.1 Å². The van der Waals surface area contributed by atoms with Crippen LogP contribution < -0.4 is 0 Å². The maximum atomic E-state index is 12.6. The van der Waals surface area contributed by atoms with Crippen molar-refractivity contribution in [2.75, 3.05) is 0 Å². The van der Waals surface area contributed by atoms with Crippen LogP contribution in [0.15, 0.2) is 42.0 Å². The third kappa shape index (κ3) is 3.03. The van der Waals surface area contributed by atoms with E-state index in [0.29, 0.717) is 28.5 Å². The number of carbonyl (C=O) groups excluding carboxylic acids is 2. The fourth-order valence-corrected chi connectivity index (χ4v) is 5.01. The predicted molar refractivity (Wildman–Crippen MR) is 102 cm³/mol. The number of alkyl halides is 1. The number of fused-ring (bicyclic) bond motifs is 1. The van der Waals surface area contributed by atoms with Gasteiger partial charge in [0.1, 0.15) is 5.76 Å². The number of carbonyl (C=O) groups is 2. The highest BCUT2D eigenvalue weighted by atomic mass is 35.5. The Bertz CT molecular complexity index is 799. The van der Waals surface area contributed by atoms with Crippen LogP contribution in [0.2, 0.25) is 0 Å². The molecule has 1 N–H and O–H groups in total. The highest BCUT2D eigenvalue weighted by Gasteiger charge is 2.39. The Labute approximate surface area is 158 Å². The van der Waals surface area contributed by atoms with Crippen LogP contribution in [0, 0.1) is 17.8 Å². The summed E-state index contributed by atoms with van der Waals surface area (Å²) in [6.45, 7) is 0. The Balaban J connectivity index is 1.53. The van der Waals surface area contributed by atoms with E-state index in [2.05, 4.69) is 12.2 Å². The minimum atomic E-state index is -0.521. The molecule has 3 nitrogen and oxygen atoms in total. The monoisotopic (exact) mass is 370 g/mol. The van der Waals surface area contributed by atoms with E-state index in [-0.39, 0.29) is 17.1 Å². The molecule has 3 aliphatic carbocycles. The van der Waals surface area contributed by atoms with Crippen molar-refractivity contribution in [2.45, 2.75) is 43.9 Å². The van der Waals surface area contributed by atoms with Gasteiger partial charge in [-0.3, -0.25) is 9.59 Å². The number of aliphatic hydroxyl groups excluding tert-OH is 1. The number of halogens is 1. The molecule has 0 bridgehead atoms. The number of aliphatic hydroxyl groups is 1. The second-order valence-electron chi connectivity index (χ2n) is 7.72. The van der Waals surface area contributed by atoms with Crippen LogP contribution in [0.1, 0.15) is 54.4 Å². The van der Waals surface area contributed by atoms with Crippen molar-refractivity contribution in [3.8, 4) is 0 Å². The fourth-order valence-electron chi connectivity index (χ4n) is 4.80. The first-order valence-corrected chi connectivity index (χ1v) is 9.94. The van der Waals surface area contributed by atoms with Crippen molar-refractivity contribution in [1.82, 2.24) is 0 Å². The molecule has 0 saturated heterocycles. The molecule has 1 fully saturated rings. The second-order valence-corrected chi connectivity index (χ2v) is 8.28. The lowest BCUT2D eigenvalue weighted by atomic mass is 9.69. The van der Waals surface area contributed by atoms with Crippen LogP contribution in [-0.4, -0.2) is 22.1 Å². The van der Waals surface area contributed by atoms with Crippen LogP contribution in [0.4, 0.5) is 0 Å². The van der Waals surface area contributed by atoms with Gasteiger partial charge in [0.25, 0.3) is 0 Å². The predicted octanol–water partition coefficient (Wildman–Crippen LogP) is 5.10. The van der Waals surface area contributed by atoms with Gasteiger partial charge in [-0.1, -0.05) is 36.4 Å². The topological polar surface area (TPSA) is 54.4 Å². The van der Waals surface area contributed by atoms with E-state index in [1.807, 2.05) is 0 Å². The van der Waals surface area contributed by atoms with E-state index < -0.39 is 11.6 Å². The zero-order valence-corrected chi connectivity index (χ0v) is 15.4. The van der Waals surface area contributed by atoms with Gasteiger partial charge in [-0.2, -0.15) is 0 Å². The molecule has 0 aliphatic heterocycles. The zero-order valence-electron chi connectivity index (χ0n) is 14.7. The lowest BCUT2D eigenvalue weighted by molar-refractivity contribution is -0.112. The molecular weight excluding hydrogens is 348 g/mol. The maximum absolute atomic E-state index is 12.6. The summed E-state index contributed by atoms with van der Waals surface area (Å²) in [6, 6.07) is 6.83. The first-order valence-electron chi connectivity index (χ1n) is 9.50. The van der Waals surface area contributed by atoms with Crippen molar-refractivity contribution in [3.63, 3.8) is 0 Å². The summed E-state index contributed by atoms with van der Waals surface area (Å²) in [7, 11) is 0. The molecule has 2 atom stereocenters. The van der Waals surface area contributed by atoms with Gasteiger partial charge in [-0.25, -0.2) is 0 Å². The Morgan fingerprint density at radius 3 is 2.19 bits per heavy atom. The number of hydrogen-bond donors (Lipinski definition) is 1. The summed E-state index contributed by atoms with van der Waals surface area (Å²) in [6.07, 6.45) is 10.3. The van der Waals surface area contributed by atoms with Crippen LogP contribution >= 0.6 is 11.6 Å². The van der Waals surface area contributed by atoms with E-state index in [1.54, 1.807) is 24.3 Å². The van der Waals surface area contributed by atoms with E-state index in [4.69, 9.17) is 11.6 Å². The van der Waals surface area contributed by atoms with Gasteiger partial charge in [0.05, 0.1) is 5.38 Å². The normalized spacial score (nSPS) is 31.9. The Kier molecular flexibility index (Phi) is 4.74. The summed E-state index contributed by atoms with van der Waals surface area (Å²) in [5, 5.41) is 10.8. The lowest BCUT2D eigenvalue weighted by Gasteiger charge is -2.35. The summed E-state index contributed by atoms with van der Waals surface area (Å²) < 4.78 is 0. The smallest absolute Gasteiger partial charge is 0.234 e. The van der Waals surface area contributed by atoms with Gasteiger partial charge < -0.3 is 5.11 Å². The maximum Gasteiger partial charge on any atom is 0.234 e. The molecular formula is C22H23ClO3. The summed E-state index contributed by atoms with van der Waals surface area (Å²) in [4.78, 5) is 25.1. The molecule has 136 valence electrons. The van der Waals surface area contributed by atoms with Crippen molar-refractivity contribution in [1.29, 1.82) is 0 Å². The largest absolute Gasteiger partial charge is 0.507 e.